The molecule has 0 unspecified atom stereocenters. The number of hydrogen-bond donors (Lipinski definition) is 1. The van der Waals surface area contributed by atoms with Crippen LogP contribution in [0.4, 0.5) is 0 Å². The first kappa shape index (κ1) is 14.5. The highest BCUT2D eigenvalue weighted by Gasteiger charge is 2.16. The highest BCUT2D eigenvalue weighted by molar-refractivity contribution is 7.89. The normalized spacial score (nSPS) is 11.5. The van der Waals surface area contributed by atoms with E-state index in [0.717, 1.165) is 5.56 Å². The number of nitrogens with zero attached hydrogens (tertiary/aromatic N) is 2. The molecule has 0 atom stereocenters. The molecule has 1 N–H and O–H groups in total. The molecule has 0 spiro atoms. The Balaban J connectivity index is 2.13. The van der Waals surface area contributed by atoms with Gasteiger partial charge in [-0.1, -0.05) is 18.2 Å². The third kappa shape index (κ3) is 3.17. The first-order valence-electron chi connectivity index (χ1n) is 6.21. The van der Waals surface area contributed by atoms with E-state index in [0.29, 0.717) is 12.3 Å². The summed E-state index contributed by atoms with van der Waals surface area (Å²) in [7, 11) is -2.01. The summed E-state index contributed by atoms with van der Waals surface area (Å²) in [5, 5.41) is 3.96. The third-order valence-electron chi connectivity index (χ3n) is 2.89. The molecule has 0 bridgehead atoms. The summed E-state index contributed by atoms with van der Waals surface area (Å²) in [4.78, 5) is 0.161. The summed E-state index contributed by atoms with van der Waals surface area (Å²) in [5.41, 5.74) is 0.779. The molecule has 6 nitrogen and oxygen atoms in total. The molecule has 7 heteroatoms. The van der Waals surface area contributed by atoms with Crippen LogP contribution in [0.25, 0.3) is 0 Å². The Morgan fingerprint density at radius 3 is 2.75 bits per heavy atom. The van der Waals surface area contributed by atoms with Gasteiger partial charge in [0.1, 0.15) is 10.6 Å². The Kier molecular flexibility index (Phi) is 4.41. The first-order valence-corrected chi connectivity index (χ1v) is 7.69. The molecule has 0 saturated heterocycles. The van der Waals surface area contributed by atoms with Crippen LogP contribution in [0.1, 0.15) is 12.5 Å². The van der Waals surface area contributed by atoms with Gasteiger partial charge in [-0.15, -0.1) is 0 Å². The van der Waals surface area contributed by atoms with Crippen LogP contribution in [-0.2, 0) is 23.1 Å². The van der Waals surface area contributed by atoms with Crippen LogP contribution in [0.3, 0.4) is 0 Å². The van der Waals surface area contributed by atoms with E-state index in [2.05, 4.69) is 9.82 Å². The van der Waals surface area contributed by atoms with Crippen LogP contribution in [0.5, 0.6) is 5.75 Å². The topological polar surface area (TPSA) is 73.2 Å². The zero-order chi connectivity index (χ0) is 14.6. The largest absolute Gasteiger partial charge is 0.496 e. The lowest BCUT2D eigenvalue weighted by molar-refractivity contribution is 0.409. The van der Waals surface area contributed by atoms with Crippen molar-refractivity contribution in [2.45, 2.75) is 24.9 Å². The van der Waals surface area contributed by atoms with E-state index >= 15 is 0 Å². The third-order valence-corrected chi connectivity index (χ3v) is 4.24. The molecule has 2 aromatic rings. The summed E-state index contributed by atoms with van der Waals surface area (Å²) >= 11 is 0. The maximum absolute atomic E-state index is 12.1. The fraction of sp³-hybridized carbons (Fsp3) is 0.308. The number of aromatic nitrogens is 2. The van der Waals surface area contributed by atoms with Gasteiger partial charge in [-0.05, 0) is 13.0 Å². The van der Waals surface area contributed by atoms with Crippen LogP contribution in [-0.4, -0.2) is 25.3 Å². The summed E-state index contributed by atoms with van der Waals surface area (Å²) < 4.78 is 33.6. The standard InChI is InChI=1S/C13H17N3O3S/c1-3-16-10-12(9-14-16)20(17,18)15-8-11-6-4-5-7-13(11)19-2/h4-7,9-10,15H,3,8H2,1-2H3. The van der Waals surface area contributed by atoms with Gasteiger partial charge in [-0.2, -0.15) is 5.10 Å². The molecule has 1 heterocycles. The highest BCUT2D eigenvalue weighted by atomic mass is 32.2. The molecular weight excluding hydrogens is 278 g/mol. The van der Waals surface area contributed by atoms with E-state index < -0.39 is 10.0 Å². The molecule has 2 rings (SSSR count). The van der Waals surface area contributed by atoms with E-state index in [-0.39, 0.29) is 11.4 Å². The van der Waals surface area contributed by atoms with E-state index in [9.17, 15) is 8.42 Å². The minimum atomic E-state index is -3.56. The van der Waals surface area contributed by atoms with Gasteiger partial charge in [0.05, 0.1) is 13.3 Å². The number of aryl methyl sites for hydroxylation is 1. The van der Waals surface area contributed by atoms with Gasteiger partial charge >= 0.3 is 0 Å². The van der Waals surface area contributed by atoms with Crippen LogP contribution in [0.15, 0.2) is 41.6 Å². The second-order valence-corrected chi connectivity index (χ2v) is 5.94. The predicted octanol–water partition coefficient (Wildman–Crippen LogP) is 1.39. The fourth-order valence-electron chi connectivity index (χ4n) is 1.76. The number of rotatable bonds is 6. The van der Waals surface area contributed by atoms with Gasteiger partial charge in [0.25, 0.3) is 0 Å². The molecule has 0 saturated carbocycles. The summed E-state index contributed by atoms with van der Waals surface area (Å²) in [5.74, 6) is 0.652. The van der Waals surface area contributed by atoms with Crippen molar-refractivity contribution in [3.8, 4) is 5.75 Å². The second kappa shape index (κ2) is 6.06. The van der Waals surface area contributed by atoms with E-state index in [1.165, 1.54) is 12.4 Å². The first-order chi connectivity index (χ1) is 9.56. The quantitative estimate of drug-likeness (QED) is 0.874. The van der Waals surface area contributed by atoms with Crippen molar-refractivity contribution < 1.29 is 13.2 Å². The van der Waals surface area contributed by atoms with E-state index in [1.807, 2.05) is 25.1 Å². The number of hydrogen-bond acceptors (Lipinski definition) is 4. The smallest absolute Gasteiger partial charge is 0.243 e. The molecule has 20 heavy (non-hydrogen) atoms. The molecule has 0 aliphatic heterocycles. The van der Waals surface area contributed by atoms with Crippen molar-refractivity contribution in [3.05, 3.63) is 42.2 Å². The minimum Gasteiger partial charge on any atom is -0.496 e. The van der Waals surface area contributed by atoms with Gasteiger partial charge < -0.3 is 4.74 Å². The molecular formula is C13H17N3O3S. The monoisotopic (exact) mass is 295 g/mol. The molecule has 1 aromatic heterocycles. The van der Waals surface area contributed by atoms with E-state index in [4.69, 9.17) is 4.74 Å². The Hall–Kier alpha value is -1.86. The lowest BCUT2D eigenvalue weighted by Gasteiger charge is -2.09. The highest BCUT2D eigenvalue weighted by Crippen LogP contribution is 2.17. The van der Waals surface area contributed by atoms with Gasteiger partial charge in [-0.3, -0.25) is 4.68 Å². The second-order valence-electron chi connectivity index (χ2n) is 4.17. The number of ether oxygens (including phenoxy) is 1. The Morgan fingerprint density at radius 2 is 2.10 bits per heavy atom. The zero-order valence-electron chi connectivity index (χ0n) is 11.4. The van der Waals surface area contributed by atoms with Gasteiger partial charge in [-0.25, -0.2) is 13.1 Å². The molecule has 0 radical (unpaired) electrons. The maximum atomic E-state index is 12.1. The van der Waals surface area contributed by atoms with Gasteiger partial charge in [0.15, 0.2) is 0 Å². The molecule has 0 amide bonds. The van der Waals surface area contributed by atoms with Crippen molar-refractivity contribution in [1.29, 1.82) is 0 Å². The average Bonchev–Trinajstić information content (AvgIpc) is 2.95. The van der Waals surface area contributed by atoms with Crippen LogP contribution < -0.4 is 9.46 Å². The van der Waals surface area contributed by atoms with Crippen molar-refractivity contribution in [3.63, 3.8) is 0 Å². The van der Waals surface area contributed by atoms with Crippen LogP contribution in [0, 0.1) is 0 Å². The molecule has 0 aliphatic rings. The number of benzene rings is 1. The molecule has 1 aromatic carbocycles. The average molecular weight is 295 g/mol. The zero-order valence-corrected chi connectivity index (χ0v) is 12.2. The minimum absolute atomic E-state index is 0.161. The summed E-state index contributed by atoms with van der Waals surface area (Å²) in [6.07, 6.45) is 2.85. The number of methoxy groups -OCH3 is 1. The van der Waals surface area contributed by atoms with Crippen molar-refractivity contribution >= 4 is 10.0 Å². The van der Waals surface area contributed by atoms with Gasteiger partial charge in [0, 0.05) is 24.8 Å². The SMILES string of the molecule is CCn1cc(S(=O)(=O)NCc2ccccc2OC)cn1. The Bertz CT molecular complexity index is 680. The van der Waals surface area contributed by atoms with Crippen molar-refractivity contribution in [2.75, 3.05) is 7.11 Å². The lowest BCUT2D eigenvalue weighted by atomic mass is 10.2. The van der Waals surface area contributed by atoms with Crippen molar-refractivity contribution in [1.82, 2.24) is 14.5 Å². The number of para-hydroxylation sites is 1. The van der Waals surface area contributed by atoms with Crippen LogP contribution in [0.2, 0.25) is 0 Å². The van der Waals surface area contributed by atoms with Crippen LogP contribution >= 0.6 is 0 Å². The predicted molar refractivity (Wildman–Crippen MR) is 74.9 cm³/mol. The fourth-order valence-corrected chi connectivity index (χ4v) is 2.72. The molecule has 108 valence electrons. The van der Waals surface area contributed by atoms with E-state index in [1.54, 1.807) is 17.9 Å². The molecule has 0 fully saturated rings. The molecule has 0 aliphatic carbocycles. The lowest BCUT2D eigenvalue weighted by Crippen LogP contribution is -2.23. The van der Waals surface area contributed by atoms with Crippen molar-refractivity contribution in [2.24, 2.45) is 0 Å². The number of sulfonamides is 1. The summed E-state index contributed by atoms with van der Waals surface area (Å²) in [6.45, 7) is 2.69. The maximum Gasteiger partial charge on any atom is 0.243 e. The van der Waals surface area contributed by atoms with Gasteiger partial charge in [0.2, 0.25) is 10.0 Å². The Labute approximate surface area is 118 Å². The number of nitrogens with one attached hydrogen (secondary N) is 1. The summed E-state index contributed by atoms with van der Waals surface area (Å²) in [6, 6.07) is 7.28. The Morgan fingerprint density at radius 1 is 1.35 bits per heavy atom.